The number of benzene rings is 1. The van der Waals surface area contributed by atoms with Gasteiger partial charge in [0.2, 0.25) is 0 Å². The number of carbonyl (C=O) groups excluding carboxylic acids is 1. The van der Waals surface area contributed by atoms with Crippen LogP contribution in [0.15, 0.2) is 46.3 Å². The van der Waals surface area contributed by atoms with E-state index in [0.29, 0.717) is 6.42 Å². The van der Waals surface area contributed by atoms with Crippen LogP contribution in [0.1, 0.15) is 21.7 Å². The normalized spacial score (nSPS) is 10.3. The molecule has 1 heterocycles. The number of hydrogen-bond acceptors (Lipinski definition) is 2. The van der Waals surface area contributed by atoms with Crippen LogP contribution >= 0.6 is 27.3 Å². The molecule has 0 fully saturated rings. The molecule has 0 amide bonds. The van der Waals surface area contributed by atoms with Crippen LogP contribution in [0.2, 0.25) is 0 Å². The van der Waals surface area contributed by atoms with Gasteiger partial charge in [-0.25, -0.2) is 0 Å². The van der Waals surface area contributed by atoms with Gasteiger partial charge in [0.25, 0.3) is 0 Å². The number of carbonyl (C=O) groups is 1. The van der Waals surface area contributed by atoms with E-state index in [9.17, 15) is 4.79 Å². The van der Waals surface area contributed by atoms with Crippen LogP contribution in [0.5, 0.6) is 0 Å². The third kappa shape index (κ3) is 2.80. The summed E-state index contributed by atoms with van der Waals surface area (Å²) < 4.78 is 0.881. The Morgan fingerprint density at radius 2 is 2.00 bits per heavy atom. The number of rotatable bonds is 4. The van der Waals surface area contributed by atoms with E-state index in [2.05, 4.69) is 22.0 Å². The lowest BCUT2D eigenvalue weighted by Gasteiger charge is -2.02. The molecule has 2 rings (SSSR count). The van der Waals surface area contributed by atoms with Crippen molar-refractivity contribution in [2.75, 3.05) is 0 Å². The second-order valence-electron chi connectivity index (χ2n) is 3.48. The highest BCUT2D eigenvalue weighted by molar-refractivity contribution is 9.10. The van der Waals surface area contributed by atoms with Gasteiger partial charge in [-0.15, -0.1) is 11.3 Å². The van der Waals surface area contributed by atoms with Crippen molar-refractivity contribution in [3.63, 3.8) is 0 Å². The summed E-state index contributed by atoms with van der Waals surface area (Å²) in [6.45, 7) is 0. The van der Waals surface area contributed by atoms with E-state index < -0.39 is 0 Å². The summed E-state index contributed by atoms with van der Waals surface area (Å²) in [5.41, 5.74) is 0.777. The van der Waals surface area contributed by atoms with E-state index in [1.165, 1.54) is 4.88 Å². The Morgan fingerprint density at radius 3 is 2.69 bits per heavy atom. The van der Waals surface area contributed by atoms with Gasteiger partial charge in [-0.05, 0) is 23.9 Å². The van der Waals surface area contributed by atoms with Crippen molar-refractivity contribution >= 4 is 33.0 Å². The first-order valence-electron chi connectivity index (χ1n) is 5.07. The molecule has 1 aromatic carbocycles. The van der Waals surface area contributed by atoms with Gasteiger partial charge in [0.05, 0.1) is 0 Å². The van der Waals surface area contributed by atoms with Gasteiger partial charge >= 0.3 is 0 Å². The SMILES string of the molecule is O=C(CCc1cccs1)c1ccccc1Br. The molecular weight excluding hydrogens is 284 g/mol. The second kappa shape index (κ2) is 5.41. The molecule has 0 aliphatic rings. The summed E-state index contributed by atoms with van der Waals surface area (Å²) in [5, 5.41) is 2.04. The lowest BCUT2D eigenvalue weighted by molar-refractivity contribution is 0.0982. The molecule has 1 nitrogen and oxygen atoms in total. The maximum atomic E-state index is 11.9. The Hall–Kier alpha value is -0.930. The fourth-order valence-corrected chi connectivity index (χ4v) is 2.73. The maximum absolute atomic E-state index is 11.9. The van der Waals surface area contributed by atoms with Crippen molar-refractivity contribution in [3.05, 3.63) is 56.7 Å². The third-order valence-electron chi connectivity index (χ3n) is 2.35. The van der Waals surface area contributed by atoms with E-state index >= 15 is 0 Å². The molecule has 0 bridgehead atoms. The predicted molar refractivity (Wildman–Crippen MR) is 71.1 cm³/mol. The van der Waals surface area contributed by atoms with Gasteiger partial charge in [0, 0.05) is 21.3 Å². The number of Topliss-reactive ketones (excluding diaryl/α,β-unsaturated/α-hetero) is 1. The fourth-order valence-electron chi connectivity index (χ4n) is 1.51. The minimum atomic E-state index is 0.195. The Kier molecular flexibility index (Phi) is 3.91. The molecule has 0 unspecified atom stereocenters. The molecule has 0 aliphatic carbocycles. The minimum absolute atomic E-state index is 0.195. The van der Waals surface area contributed by atoms with E-state index in [1.54, 1.807) is 11.3 Å². The van der Waals surface area contributed by atoms with Gasteiger partial charge in [0.1, 0.15) is 0 Å². The van der Waals surface area contributed by atoms with E-state index in [1.807, 2.05) is 35.7 Å². The second-order valence-corrected chi connectivity index (χ2v) is 5.37. The standard InChI is InChI=1S/C13H11BrOS/c14-12-6-2-1-5-11(12)13(15)8-7-10-4-3-9-16-10/h1-6,9H,7-8H2. The average molecular weight is 295 g/mol. The molecule has 82 valence electrons. The van der Waals surface area contributed by atoms with Crippen LogP contribution in [0.4, 0.5) is 0 Å². The Bertz CT molecular complexity index is 476. The molecule has 0 radical (unpaired) electrons. The highest BCUT2D eigenvalue weighted by atomic mass is 79.9. The van der Waals surface area contributed by atoms with Crippen LogP contribution in [0.25, 0.3) is 0 Å². The molecule has 0 saturated heterocycles. The number of aryl methyl sites for hydroxylation is 1. The first-order valence-corrected chi connectivity index (χ1v) is 6.75. The van der Waals surface area contributed by atoms with Crippen molar-refractivity contribution in [1.82, 2.24) is 0 Å². The summed E-state index contributed by atoms with van der Waals surface area (Å²) in [5.74, 6) is 0.195. The Labute approximate surface area is 107 Å². The minimum Gasteiger partial charge on any atom is -0.294 e. The Morgan fingerprint density at radius 1 is 1.19 bits per heavy atom. The molecule has 0 N–H and O–H groups in total. The lowest BCUT2D eigenvalue weighted by Crippen LogP contribution is -2.01. The van der Waals surface area contributed by atoms with E-state index in [-0.39, 0.29) is 5.78 Å². The first kappa shape index (κ1) is 11.6. The number of halogens is 1. The van der Waals surface area contributed by atoms with Crippen LogP contribution < -0.4 is 0 Å². The van der Waals surface area contributed by atoms with Crippen LogP contribution in [0.3, 0.4) is 0 Å². The Balaban J connectivity index is 2.01. The molecule has 3 heteroatoms. The maximum Gasteiger partial charge on any atom is 0.164 e. The summed E-state index contributed by atoms with van der Waals surface area (Å²) in [4.78, 5) is 13.2. The number of hydrogen-bond donors (Lipinski definition) is 0. The highest BCUT2D eigenvalue weighted by Gasteiger charge is 2.09. The highest BCUT2D eigenvalue weighted by Crippen LogP contribution is 2.19. The van der Waals surface area contributed by atoms with Crippen molar-refractivity contribution in [1.29, 1.82) is 0 Å². The van der Waals surface area contributed by atoms with Crippen molar-refractivity contribution in [2.24, 2.45) is 0 Å². The largest absolute Gasteiger partial charge is 0.294 e. The molecule has 16 heavy (non-hydrogen) atoms. The predicted octanol–water partition coefficient (Wildman–Crippen LogP) is 4.33. The fraction of sp³-hybridized carbons (Fsp3) is 0.154. The van der Waals surface area contributed by atoms with Crippen molar-refractivity contribution < 1.29 is 4.79 Å². The summed E-state index contributed by atoms with van der Waals surface area (Å²) in [6, 6.07) is 11.7. The molecule has 0 atom stereocenters. The van der Waals surface area contributed by atoms with E-state index in [0.717, 1.165) is 16.5 Å². The van der Waals surface area contributed by atoms with Crippen molar-refractivity contribution in [2.45, 2.75) is 12.8 Å². The number of ketones is 1. The summed E-state index contributed by atoms with van der Waals surface area (Å²) >= 11 is 5.10. The number of thiophene rings is 1. The molecule has 1 aromatic heterocycles. The van der Waals surface area contributed by atoms with Gasteiger partial charge in [-0.1, -0.05) is 40.2 Å². The molecule has 0 aliphatic heterocycles. The third-order valence-corrected chi connectivity index (χ3v) is 3.98. The summed E-state index contributed by atoms with van der Waals surface area (Å²) in [7, 11) is 0. The lowest BCUT2D eigenvalue weighted by atomic mass is 10.1. The zero-order valence-electron chi connectivity index (χ0n) is 8.65. The molecule has 0 saturated carbocycles. The molecule has 2 aromatic rings. The molecular formula is C13H11BrOS. The van der Waals surface area contributed by atoms with Crippen LogP contribution in [-0.2, 0) is 6.42 Å². The van der Waals surface area contributed by atoms with Gasteiger partial charge < -0.3 is 0 Å². The van der Waals surface area contributed by atoms with Gasteiger partial charge in [-0.2, -0.15) is 0 Å². The quantitative estimate of drug-likeness (QED) is 0.767. The van der Waals surface area contributed by atoms with Crippen LogP contribution in [0, 0.1) is 0 Å². The molecule has 0 spiro atoms. The smallest absolute Gasteiger partial charge is 0.164 e. The first-order chi connectivity index (χ1) is 7.77. The van der Waals surface area contributed by atoms with Crippen molar-refractivity contribution in [3.8, 4) is 0 Å². The monoisotopic (exact) mass is 294 g/mol. The topological polar surface area (TPSA) is 17.1 Å². The van der Waals surface area contributed by atoms with Gasteiger partial charge in [-0.3, -0.25) is 4.79 Å². The summed E-state index contributed by atoms with van der Waals surface area (Å²) in [6.07, 6.45) is 1.40. The van der Waals surface area contributed by atoms with Gasteiger partial charge in [0.15, 0.2) is 5.78 Å². The average Bonchev–Trinajstić information content (AvgIpc) is 2.79. The zero-order chi connectivity index (χ0) is 11.4. The zero-order valence-corrected chi connectivity index (χ0v) is 11.1. The van der Waals surface area contributed by atoms with Crippen LogP contribution in [-0.4, -0.2) is 5.78 Å². The van der Waals surface area contributed by atoms with E-state index in [4.69, 9.17) is 0 Å².